The molecule has 17 heavy (non-hydrogen) atoms. The highest BCUT2D eigenvalue weighted by atomic mass is 32.2. The monoisotopic (exact) mass is 256 g/mol. The Hall–Kier alpha value is -1.45. The fourth-order valence-electron chi connectivity index (χ4n) is 1.33. The molecule has 0 aliphatic heterocycles. The van der Waals surface area contributed by atoms with Gasteiger partial charge in [-0.3, -0.25) is 0 Å². The van der Waals surface area contributed by atoms with Gasteiger partial charge in [-0.25, -0.2) is 17.5 Å². The van der Waals surface area contributed by atoms with Crippen molar-refractivity contribution in [2.45, 2.75) is 25.1 Å². The molecule has 6 heteroatoms. The van der Waals surface area contributed by atoms with E-state index in [1.165, 1.54) is 24.3 Å². The molecule has 0 aliphatic rings. The predicted molar refractivity (Wildman–Crippen MR) is 61.9 cm³/mol. The highest BCUT2D eigenvalue weighted by molar-refractivity contribution is 7.88. The van der Waals surface area contributed by atoms with E-state index < -0.39 is 21.9 Å². The van der Waals surface area contributed by atoms with Gasteiger partial charge in [-0.2, -0.15) is 5.26 Å². The molecule has 0 saturated carbocycles. The number of benzene rings is 1. The topological polar surface area (TPSA) is 70.0 Å². The van der Waals surface area contributed by atoms with Crippen LogP contribution in [-0.2, 0) is 15.8 Å². The SMILES string of the molecule is CC(CC#N)NS(=O)(=O)Cc1ccc(F)cc1. The summed E-state index contributed by atoms with van der Waals surface area (Å²) in [6, 6.07) is 6.72. The summed E-state index contributed by atoms with van der Waals surface area (Å²) in [5.41, 5.74) is 0.503. The van der Waals surface area contributed by atoms with Crippen molar-refractivity contribution in [3.63, 3.8) is 0 Å². The van der Waals surface area contributed by atoms with Crippen LogP contribution in [0.1, 0.15) is 18.9 Å². The minimum atomic E-state index is -3.49. The van der Waals surface area contributed by atoms with Gasteiger partial charge in [-0.15, -0.1) is 0 Å². The zero-order chi connectivity index (χ0) is 12.9. The van der Waals surface area contributed by atoms with Gasteiger partial charge >= 0.3 is 0 Å². The molecular weight excluding hydrogens is 243 g/mol. The normalized spacial score (nSPS) is 13.0. The Morgan fingerprint density at radius 3 is 2.53 bits per heavy atom. The van der Waals surface area contributed by atoms with Gasteiger partial charge in [0.15, 0.2) is 0 Å². The average molecular weight is 256 g/mol. The largest absolute Gasteiger partial charge is 0.216 e. The van der Waals surface area contributed by atoms with Gasteiger partial charge in [0, 0.05) is 6.04 Å². The number of nitrogens with one attached hydrogen (secondary N) is 1. The fraction of sp³-hybridized carbons (Fsp3) is 0.364. The van der Waals surface area contributed by atoms with Gasteiger partial charge in [-0.1, -0.05) is 12.1 Å². The van der Waals surface area contributed by atoms with E-state index in [1.807, 2.05) is 6.07 Å². The van der Waals surface area contributed by atoms with Crippen molar-refractivity contribution >= 4 is 10.0 Å². The predicted octanol–water partition coefficient (Wildman–Crippen LogP) is 1.55. The van der Waals surface area contributed by atoms with Gasteiger partial charge in [0.25, 0.3) is 0 Å². The summed E-state index contributed by atoms with van der Waals surface area (Å²) in [6.45, 7) is 1.62. The van der Waals surface area contributed by atoms with Gasteiger partial charge in [0.1, 0.15) is 5.82 Å². The Kier molecular flexibility index (Phi) is 4.61. The summed E-state index contributed by atoms with van der Waals surface area (Å²) in [6.07, 6.45) is 0.114. The lowest BCUT2D eigenvalue weighted by Gasteiger charge is -2.10. The molecular formula is C11H13FN2O2S. The maximum Gasteiger partial charge on any atom is 0.216 e. The van der Waals surface area contributed by atoms with Crippen LogP contribution in [0.4, 0.5) is 4.39 Å². The standard InChI is InChI=1S/C11H13FN2O2S/c1-9(6-7-13)14-17(15,16)8-10-2-4-11(12)5-3-10/h2-5,9,14H,6,8H2,1H3. The average Bonchev–Trinajstić information content (AvgIpc) is 2.20. The van der Waals surface area contributed by atoms with Crippen LogP contribution in [0.15, 0.2) is 24.3 Å². The van der Waals surface area contributed by atoms with Crippen LogP contribution in [0.25, 0.3) is 0 Å². The molecule has 0 spiro atoms. The zero-order valence-corrected chi connectivity index (χ0v) is 10.2. The van der Waals surface area contributed by atoms with E-state index in [0.717, 1.165) is 0 Å². The summed E-state index contributed by atoms with van der Waals surface area (Å²) < 4.78 is 38.3. The highest BCUT2D eigenvalue weighted by Gasteiger charge is 2.14. The van der Waals surface area contributed by atoms with Crippen LogP contribution in [0, 0.1) is 17.1 Å². The molecule has 0 saturated heterocycles. The molecule has 1 aromatic carbocycles. The van der Waals surface area contributed by atoms with Gasteiger partial charge in [-0.05, 0) is 24.6 Å². The minimum absolute atomic E-state index is 0.114. The van der Waals surface area contributed by atoms with Crippen molar-refractivity contribution in [3.8, 4) is 6.07 Å². The molecule has 0 radical (unpaired) electrons. The first-order chi connectivity index (χ1) is 7.93. The molecule has 0 heterocycles. The Balaban J connectivity index is 2.67. The number of sulfonamides is 1. The summed E-state index contributed by atoms with van der Waals surface area (Å²) in [5, 5.41) is 8.43. The molecule has 1 unspecified atom stereocenters. The van der Waals surface area contributed by atoms with E-state index in [1.54, 1.807) is 6.92 Å². The molecule has 1 aromatic rings. The van der Waals surface area contributed by atoms with Crippen molar-refractivity contribution in [3.05, 3.63) is 35.6 Å². The zero-order valence-electron chi connectivity index (χ0n) is 9.35. The quantitative estimate of drug-likeness (QED) is 0.868. The van der Waals surface area contributed by atoms with Crippen LogP contribution in [0.2, 0.25) is 0 Å². The van der Waals surface area contributed by atoms with Crippen LogP contribution >= 0.6 is 0 Å². The van der Waals surface area contributed by atoms with E-state index in [9.17, 15) is 12.8 Å². The summed E-state index contributed by atoms with van der Waals surface area (Å²) in [4.78, 5) is 0. The number of halogens is 1. The summed E-state index contributed by atoms with van der Waals surface area (Å²) in [7, 11) is -3.49. The first kappa shape index (κ1) is 13.6. The lowest BCUT2D eigenvalue weighted by Crippen LogP contribution is -2.33. The molecule has 0 fully saturated rings. The number of nitrogens with zero attached hydrogens (tertiary/aromatic N) is 1. The van der Waals surface area contributed by atoms with E-state index in [0.29, 0.717) is 5.56 Å². The summed E-state index contributed by atoms with van der Waals surface area (Å²) >= 11 is 0. The minimum Gasteiger partial charge on any atom is -0.212 e. The molecule has 1 rings (SSSR count). The van der Waals surface area contributed by atoms with Crippen molar-refractivity contribution in [2.24, 2.45) is 0 Å². The summed E-state index contributed by atoms with van der Waals surface area (Å²) in [5.74, 6) is -0.625. The lowest BCUT2D eigenvalue weighted by molar-refractivity contribution is 0.562. The Labute approximate surface area is 100 Å². The van der Waals surface area contributed by atoms with Crippen molar-refractivity contribution < 1.29 is 12.8 Å². The van der Waals surface area contributed by atoms with Gasteiger partial charge in [0.05, 0.1) is 18.2 Å². The fourth-order valence-corrected chi connectivity index (χ4v) is 2.74. The number of hydrogen-bond donors (Lipinski definition) is 1. The van der Waals surface area contributed by atoms with E-state index in [-0.39, 0.29) is 12.2 Å². The van der Waals surface area contributed by atoms with E-state index in [2.05, 4.69) is 4.72 Å². The van der Waals surface area contributed by atoms with Gasteiger partial charge in [0.2, 0.25) is 10.0 Å². The third-order valence-corrected chi connectivity index (χ3v) is 3.52. The Morgan fingerprint density at radius 2 is 2.00 bits per heavy atom. The molecule has 0 amide bonds. The molecule has 1 atom stereocenters. The molecule has 1 N–H and O–H groups in total. The van der Waals surface area contributed by atoms with Crippen molar-refractivity contribution in [1.29, 1.82) is 5.26 Å². The number of nitriles is 1. The first-order valence-electron chi connectivity index (χ1n) is 5.04. The number of hydrogen-bond acceptors (Lipinski definition) is 3. The second-order valence-electron chi connectivity index (χ2n) is 3.77. The molecule has 4 nitrogen and oxygen atoms in total. The second kappa shape index (κ2) is 5.75. The van der Waals surface area contributed by atoms with Crippen LogP contribution in [0.5, 0.6) is 0 Å². The molecule has 92 valence electrons. The Morgan fingerprint density at radius 1 is 1.41 bits per heavy atom. The Bertz CT molecular complexity index is 505. The third-order valence-electron chi connectivity index (χ3n) is 2.05. The van der Waals surface area contributed by atoms with Crippen LogP contribution in [-0.4, -0.2) is 14.5 Å². The number of rotatable bonds is 5. The second-order valence-corrected chi connectivity index (χ2v) is 5.52. The molecule has 0 aromatic heterocycles. The first-order valence-corrected chi connectivity index (χ1v) is 6.69. The third kappa shape index (κ3) is 4.93. The maximum absolute atomic E-state index is 12.6. The molecule has 0 bridgehead atoms. The molecule has 0 aliphatic carbocycles. The van der Waals surface area contributed by atoms with E-state index >= 15 is 0 Å². The van der Waals surface area contributed by atoms with Crippen LogP contribution < -0.4 is 4.72 Å². The van der Waals surface area contributed by atoms with Gasteiger partial charge < -0.3 is 0 Å². The highest BCUT2D eigenvalue weighted by Crippen LogP contribution is 2.07. The van der Waals surface area contributed by atoms with Crippen LogP contribution in [0.3, 0.4) is 0 Å². The van der Waals surface area contributed by atoms with Crippen molar-refractivity contribution in [1.82, 2.24) is 4.72 Å². The smallest absolute Gasteiger partial charge is 0.212 e. The van der Waals surface area contributed by atoms with Crippen molar-refractivity contribution in [2.75, 3.05) is 0 Å². The van der Waals surface area contributed by atoms with E-state index in [4.69, 9.17) is 5.26 Å². The maximum atomic E-state index is 12.6. The lowest BCUT2D eigenvalue weighted by atomic mass is 10.2.